The number of sulfonamides is 1. The van der Waals surface area contributed by atoms with Gasteiger partial charge in [0.25, 0.3) is 5.91 Å². The van der Waals surface area contributed by atoms with E-state index in [1.54, 1.807) is 22.9 Å². The summed E-state index contributed by atoms with van der Waals surface area (Å²) in [6.07, 6.45) is 1.72. The van der Waals surface area contributed by atoms with Gasteiger partial charge in [0.1, 0.15) is 5.82 Å². The van der Waals surface area contributed by atoms with Gasteiger partial charge >= 0.3 is 0 Å². The minimum Gasteiger partial charge on any atom is -0.306 e. The average molecular weight is 552 g/mol. The van der Waals surface area contributed by atoms with Crippen molar-refractivity contribution in [2.75, 3.05) is 18.4 Å². The van der Waals surface area contributed by atoms with Crippen molar-refractivity contribution >= 4 is 43.3 Å². The molecule has 0 unspecified atom stereocenters. The Bertz CT molecular complexity index is 1590. The smallest absolute Gasteiger partial charge is 0.256 e. The second kappa shape index (κ2) is 9.91. The number of carbonyl (C=O) groups is 1. The van der Waals surface area contributed by atoms with E-state index in [1.165, 1.54) is 33.3 Å². The van der Waals surface area contributed by atoms with Crippen LogP contribution < -0.4 is 5.32 Å². The first-order valence-corrected chi connectivity index (χ1v) is 15.1. The molecule has 1 aliphatic heterocycles. The van der Waals surface area contributed by atoms with Gasteiger partial charge in [-0.1, -0.05) is 45.1 Å². The Kier molecular flexibility index (Phi) is 6.91. The van der Waals surface area contributed by atoms with Gasteiger partial charge in [0, 0.05) is 24.7 Å². The topological polar surface area (TPSA) is 97.2 Å². The lowest BCUT2D eigenvalue weighted by atomic mass is 9.87. The lowest BCUT2D eigenvalue weighted by Gasteiger charge is -2.29. The summed E-state index contributed by atoms with van der Waals surface area (Å²) in [6.45, 7) is 11.6. The fourth-order valence-corrected chi connectivity index (χ4v) is 6.99. The highest BCUT2D eigenvalue weighted by Crippen LogP contribution is 2.32. The number of benzene rings is 2. The van der Waals surface area contributed by atoms with Crippen LogP contribution in [0.25, 0.3) is 15.3 Å². The van der Waals surface area contributed by atoms with E-state index in [0.29, 0.717) is 35.5 Å². The predicted molar refractivity (Wildman–Crippen MR) is 152 cm³/mol. The number of amides is 1. The molecule has 3 heterocycles. The van der Waals surface area contributed by atoms with E-state index >= 15 is 0 Å². The monoisotopic (exact) mass is 551 g/mol. The number of hydrogen-bond acceptors (Lipinski definition) is 6. The Hall–Kier alpha value is -3.08. The third kappa shape index (κ3) is 5.25. The van der Waals surface area contributed by atoms with Crippen LogP contribution in [0.15, 0.2) is 53.4 Å². The van der Waals surface area contributed by atoms with Gasteiger partial charge in [0.15, 0.2) is 0 Å². The number of aromatic nitrogens is 3. The highest BCUT2D eigenvalue weighted by molar-refractivity contribution is 7.89. The SMILES string of the molecule is Cc1cc(NC(=O)c2ccc(S(=O)(=O)N3CCC(C)CC3)cc2)n(-c2nc3ccc(C(C)(C)C)cc3s2)n1. The van der Waals surface area contributed by atoms with Crippen LogP contribution in [0.5, 0.6) is 0 Å². The van der Waals surface area contributed by atoms with Crippen molar-refractivity contribution in [2.24, 2.45) is 5.92 Å². The Morgan fingerprint density at radius 2 is 1.74 bits per heavy atom. The molecule has 0 radical (unpaired) electrons. The first kappa shape index (κ1) is 26.5. The number of rotatable bonds is 5. The van der Waals surface area contributed by atoms with Crippen LogP contribution in [0.2, 0.25) is 0 Å². The second-order valence-electron chi connectivity index (χ2n) is 11.1. The summed E-state index contributed by atoms with van der Waals surface area (Å²) >= 11 is 1.52. The second-order valence-corrected chi connectivity index (χ2v) is 14.0. The standard InChI is InChI=1S/C28H33N5O3S2/c1-18-12-14-32(15-13-18)38(35,36)22-9-6-20(7-10-22)26(34)30-25-16-19(2)31-33(25)27-29-23-11-8-21(28(3,4)5)17-24(23)37-27/h6-11,16-18H,12-15H2,1-5H3,(H,30,34). The first-order chi connectivity index (χ1) is 17.9. The van der Waals surface area contributed by atoms with Crippen LogP contribution in [0.1, 0.15) is 62.2 Å². The van der Waals surface area contributed by atoms with Crippen molar-refractivity contribution in [1.29, 1.82) is 0 Å². The number of aryl methyl sites for hydroxylation is 1. The molecular formula is C28H33N5O3S2. The number of nitrogens with zero attached hydrogens (tertiary/aromatic N) is 4. The zero-order valence-electron chi connectivity index (χ0n) is 22.4. The Balaban J connectivity index is 1.36. The summed E-state index contributed by atoms with van der Waals surface area (Å²) in [6, 6.07) is 14.2. The molecule has 10 heteroatoms. The molecule has 5 rings (SSSR count). The third-order valence-electron chi connectivity index (χ3n) is 6.99. The lowest BCUT2D eigenvalue weighted by molar-refractivity contribution is 0.102. The van der Waals surface area contributed by atoms with E-state index in [2.05, 4.69) is 50.2 Å². The molecule has 1 N–H and O–H groups in total. The first-order valence-electron chi connectivity index (χ1n) is 12.8. The van der Waals surface area contributed by atoms with E-state index in [9.17, 15) is 13.2 Å². The zero-order valence-corrected chi connectivity index (χ0v) is 24.0. The summed E-state index contributed by atoms with van der Waals surface area (Å²) in [5.41, 5.74) is 3.24. The van der Waals surface area contributed by atoms with Gasteiger partial charge in [-0.2, -0.15) is 14.1 Å². The number of nitrogens with one attached hydrogen (secondary N) is 1. The molecule has 200 valence electrons. The summed E-state index contributed by atoms with van der Waals surface area (Å²) in [4.78, 5) is 18.1. The van der Waals surface area contributed by atoms with Crippen molar-refractivity contribution in [3.8, 4) is 5.13 Å². The summed E-state index contributed by atoms with van der Waals surface area (Å²) < 4.78 is 30.3. The molecule has 2 aromatic heterocycles. The largest absolute Gasteiger partial charge is 0.306 e. The highest BCUT2D eigenvalue weighted by Gasteiger charge is 2.28. The van der Waals surface area contributed by atoms with Crippen LogP contribution in [0, 0.1) is 12.8 Å². The molecule has 38 heavy (non-hydrogen) atoms. The number of anilines is 1. The quantitative estimate of drug-likeness (QED) is 0.340. The predicted octanol–water partition coefficient (Wildman–Crippen LogP) is 5.76. The average Bonchev–Trinajstić information content (AvgIpc) is 3.46. The zero-order chi connectivity index (χ0) is 27.2. The minimum atomic E-state index is -3.57. The number of thiazole rings is 1. The van der Waals surface area contributed by atoms with Crippen molar-refractivity contribution in [2.45, 2.75) is 57.8 Å². The minimum absolute atomic E-state index is 0.0288. The van der Waals surface area contributed by atoms with Crippen molar-refractivity contribution in [1.82, 2.24) is 19.1 Å². The van der Waals surface area contributed by atoms with Gasteiger partial charge in [-0.3, -0.25) is 4.79 Å². The van der Waals surface area contributed by atoms with Gasteiger partial charge in [-0.05, 0) is 73.1 Å². The van der Waals surface area contributed by atoms with Gasteiger partial charge in [-0.25, -0.2) is 13.4 Å². The number of fused-ring (bicyclic) bond motifs is 1. The molecule has 1 fully saturated rings. The third-order valence-corrected chi connectivity index (χ3v) is 9.90. The molecule has 0 saturated carbocycles. The molecule has 1 saturated heterocycles. The van der Waals surface area contributed by atoms with E-state index in [0.717, 1.165) is 28.8 Å². The number of piperidine rings is 1. The Morgan fingerprint density at radius 1 is 1.05 bits per heavy atom. The maximum Gasteiger partial charge on any atom is 0.256 e. The van der Waals surface area contributed by atoms with Gasteiger partial charge in [-0.15, -0.1) is 0 Å². The van der Waals surface area contributed by atoms with Crippen molar-refractivity contribution in [3.63, 3.8) is 0 Å². The van der Waals surface area contributed by atoms with Crippen LogP contribution in [-0.4, -0.2) is 46.5 Å². The molecule has 0 bridgehead atoms. The van der Waals surface area contributed by atoms with Crippen molar-refractivity contribution in [3.05, 3.63) is 65.4 Å². The number of hydrogen-bond donors (Lipinski definition) is 1. The van der Waals surface area contributed by atoms with E-state index in [1.807, 2.05) is 13.0 Å². The Morgan fingerprint density at radius 3 is 2.39 bits per heavy atom. The summed E-state index contributed by atoms with van der Waals surface area (Å²) in [5, 5.41) is 8.14. The Labute approximate surface area is 227 Å². The van der Waals surface area contributed by atoms with Gasteiger partial charge in [0.2, 0.25) is 15.2 Å². The van der Waals surface area contributed by atoms with Crippen LogP contribution in [-0.2, 0) is 15.4 Å². The molecule has 4 aromatic rings. The van der Waals surface area contributed by atoms with Gasteiger partial charge < -0.3 is 5.32 Å². The maximum absolute atomic E-state index is 13.1. The summed E-state index contributed by atoms with van der Waals surface area (Å²) in [5.74, 6) is 0.688. The van der Waals surface area contributed by atoms with Crippen molar-refractivity contribution < 1.29 is 13.2 Å². The molecule has 0 spiro atoms. The fourth-order valence-electron chi connectivity index (χ4n) is 4.54. The maximum atomic E-state index is 13.1. The van der Waals surface area contributed by atoms with Gasteiger partial charge in [0.05, 0.1) is 20.8 Å². The molecule has 1 amide bonds. The number of carbonyl (C=O) groups excluding carboxylic acids is 1. The van der Waals surface area contributed by atoms with E-state index < -0.39 is 10.0 Å². The fraction of sp³-hybridized carbons (Fsp3) is 0.393. The lowest BCUT2D eigenvalue weighted by Crippen LogP contribution is -2.37. The normalized spacial score (nSPS) is 15.7. The summed E-state index contributed by atoms with van der Waals surface area (Å²) in [7, 11) is -3.57. The molecular weight excluding hydrogens is 518 g/mol. The highest BCUT2D eigenvalue weighted by atomic mass is 32.2. The molecule has 1 aliphatic rings. The van der Waals surface area contributed by atoms with E-state index in [4.69, 9.17) is 4.98 Å². The van der Waals surface area contributed by atoms with Crippen LogP contribution in [0.4, 0.5) is 5.82 Å². The molecule has 0 aliphatic carbocycles. The van der Waals surface area contributed by atoms with Crippen LogP contribution >= 0.6 is 11.3 Å². The molecule has 0 atom stereocenters. The van der Waals surface area contributed by atoms with E-state index in [-0.39, 0.29) is 16.2 Å². The van der Waals surface area contributed by atoms with Crippen LogP contribution in [0.3, 0.4) is 0 Å². The molecule has 2 aromatic carbocycles. The molecule has 8 nitrogen and oxygen atoms in total.